The standard InChI is InChI=1S/C26H25ClN2O3/c1-31-25-12-22-20(15-28-14-19-10-6-7-11-21(19)26(30)32-2)17-29(24(22)13-23(25)27)16-18-8-4-3-5-9-18/h3-13,17,28H,14-16H2,1-2H3. The van der Waals surface area contributed by atoms with Crippen molar-refractivity contribution >= 4 is 28.5 Å². The average molecular weight is 449 g/mol. The number of hydrogen-bond acceptors (Lipinski definition) is 4. The first kappa shape index (κ1) is 21.9. The van der Waals surface area contributed by atoms with E-state index in [0.29, 0.717) is 29.4 Å². The van der Waals surface area contributed by atoms with Crippen LogP contribution in [-0.2, 0) is 24.4 Å². The molecule has 0 atom stereocenters. The van der Waals surface area contributed by atoms with Crippen LogP contribution in [0.4, 0.5) is 0 Å². The van der Waals surface area contributed by atoms with E-state index in [-0.39, 0.29) is 5.97 Å². The Morgan fingerprint density at radius 3 is 2.44 bits per heavy atom. The molecule has 0 saturated carbocycles. The van der Waals surface area contributed by atoms with Gasteiger partial charge in [-0.25, -0.2) is 4.79 Å². The molecular formula is C26H25ClN2O3. The molecule has 0 saturated heterocycles. The zero-order valence-electron chi connectivity index (χ0n) is 18.1. The Morgan fingerprint density at radius 2 is 1.69 bits per heavy atom. The number of rotatable bonds is 8. The number of nitrogens with one attached hydrogen (secondary N) is 1. The van der Waals surface area contributed by atoms with Gasteiger partial charge in [0.05, 0.1) is 30.3 Å². The van der Waals surface area contributed by atoms with Gasteiger partial charge in [0.1, 0.15) is 5.75 Å². The van der Waals surface area contributed by atoms with Gasteiger partial charge in [-0.3, -0.25) is 0 Å². The average Bonchev–Trinajstić information content (AvgIpc) is 3.14. The number of nitrogens with zero attached hydrogens (tertiary/aromatic N) is 1. The third kappa shape index (κ3) is 4.64. The molecular weight excluding hydrogens is 424 g/mol. The molecule has 4 aromatic rings. The maximum absolute atomic E-state index is 12.0. The number of carbonyl (C=O) groups is 1. The summed E-state index contributed by atoms with van der Waals surface area (Å²) in [7, 11) is 3.02. The van der Waals surface area contributed by atoms with Crippen LogP contribution in [0.5, 0.6) is 5.75 Å². The first-order valence-electron chi connectivity index (χ1n) is 10.4. The molecule has 0 radical (unpaired) electrons. The van der Waals surface area contributed by atoms with Crippen LogP contribution in [-0.4, -0.2) is 24.8 Å². The zero-order valence-corrected chi connectivity index (χ0v) is 18.9. The molecule has 6 heteroatoms. The van der Waals surface area contributed by atoms with Crippen LogP contribution in [0.25, 0.3) is 10.9 Å². The number of benzene rings is 3. The van der Waals surface area contributed by atoms with E-state index in [2.05, 4.69) is 28.2 Å². The van der Waals surface area contributed by atoms with E-state index in [1.165, 1.54) is 12.7 Å². The lowest BCUT2D eigenvalue weighted by atomic mass is 10.1. The number of methoxy groups -OCH3 is 2. The molecule has 1 heterocycles. The zero-order chi connectivity index (χ0) is 22.5. The highest BCUT2D eigenvalue weighted by Crippen LogP contribution is 2.33. The van der Waals surface area contributed by atoms with Gasteiger partial charge in [0.15, 0.2) is 0 Å². The number of carbonyl (C=O) groups excluding carboxylic acids is 1. The molecule has 164 valence electrons. The minimum atomic E-state index is -0.332. The maximum Gasteiger partial charge on any atom is 0.338 e. The van der Waals surface area contributed by atoms with Gasteiger partial charge in [0.2, 0.25) is 0 Å². The predicted octanol–water partition coefficient (Wildman–Crippen LogP) is 5.43. The summed E-state index contributed by atoms with van der Waals surface area (Å²) in [6, 6.07) is 21.7. The quantitative estimate of drug-likeness (QED) is 0.365. The molecule has 0 aliphatic carbocycles. The van der Waals surface area contributed by atoms with Gasteiger partial charge in [-0.2, -0.15) is 0 Å². The molecule has 0 aliphatic heterocycles. The molecule has 5 nitrogen and oxygen atoms in total. The molecule has 0 bridgehead atoms. The predicted molar refractivity (Wildman–Crippen MR) is 127 cm³/mol. The van der Waals surface area contributed by atoms with Gasteiger partial charge in [-0.15, -0.1) is 0 Å². The van der Waals surface area contributed by atoms with E-state index in [0.717, 1.165) is 28.6 Å². The summed E-state index contributed by atoms with van der Waals surface area (Å²) in [5.74, 6) is 0.315. The van der Waals surface area contributed by atoms with Gasteiger partial charge in [0, 0.05) is 31.2 Å². The summed E-state index contributed by atoms with van der Waals surface area (Å²) in [5.41, 5.74) is 4.85. The van der Waals surface area contributed by atoms with E-state index in [4.69, 9.17) is 21.1 Å². The summed E-state index contributed by atoms with van der Waals surface area (Å²) in [4.78, 5) is 12.0. The van der Waals surface area contributed by atoms with Crippen molar-refractivity contribution in [1.29, 1.82) is 0 Å². The number of aromatic nitrogens is 1. The molecule has 1 N–H and O–H groups in total. The molecule has 0 aliphatic rings. The second-order valence-electron chi connectivity index (χ2n) is 7.52. The highest BCUT2D eigenvalue weighted by molar-refractivity contribution is 6.32. The van der Waals surface area contributed by atoms with Gasteiger partial charge < -0.3 is 19.4 Å². The van der Waals surface area contributed by atoms with Crippen molar-refractivity contribution in [2.24, 2.45) is 0 Å². The molecule has 0 amide bonds. The van der Waals surface area contributed by atoms with E-state index in [9.17, 15) is 4.79 Å². The monoisotopic (exact) mass is 448 g/mol. The minimum absolute atomic E-state index is 0.332. The van der Waals surface area contributed by atoms with Crippen LogP contribution in [0.15, 0.2) is 72.9 Å². The fourth-order valence-corrected chi connectivity index (χ4v) is 4.12. The molecule has 0 spiro atoms. The Morgan fingerprint density at radius 1 is 0.969 bits per heavy atom. The van der Waals surface area contributed by atoms with Crippen molar-refractivity contribution in [3.8, 4) is 5.75 Å². The second kappa shape index (κ2) is 9.90. The SMILES string of the molecule is COC(=O)c1ccccc1CNCc1cn(Cc2ccccc2)c2cc(Cl)c(OC)cc12. The van der Waals surface area contributed by atoms with Crippen molar-refractivity contribution in [3.05, 3.63) is 100 Å². The van der Waals surface area contributed by atoms with Crippen molar-refractivity contribution in [3.63, 3.8) is 0 Å². The van der Waals surface area contributed by atoms with E-state index in [1.807, 2.05) is 48.5 Å². The van der Waals surface area contributed by atoms with Crippen molar-refractivity contribution in [1.82, 2.24) is 9.88 Å². The maximum atomic E-state index is 12.0. The summed E-state index contributed by atoms with van der Waals surface area (Å²) >= 11 is 6.44. The Balaban J connectivity index is 1.61. The van der Waals surface area contributed by atoms with E-state index < -0.39 is 0 Å². The normalized spacial score (nSPS) is 11.0. The number of halogens is 1. The first-order chi connectivity index (χ1) is 15.6. The topological polar surface area (TPSA) is 52.5 Å². The lowest BCUT2D eigenvalue weighted by Gasteiger charge is -2.09. The van der Waals surface area contributed by atoms with E-state index in [1.54, 1.807) is 13.2 Å². The van der Waals surface area contributed by atoms with Crippen LogP contribution in [0.3, 0.4) is 0 Å². The molecule has 0 unspecified atom stereocenters. The van der Waals surface area contributed by atoms with Crippen LogP contribution >= 0.6 is 11.6 Å². The highest BCUT2D eigenvalue weighted by Gasteiger charge is 2.14. The van der Waals surface area contributed by atoms with Gasteiger partial charge in [-0.05, 0) is 34.9 Å². The summed E-state index contributed by atoms with van der Waals surface area (Å²) in [6.07, 6.45) is 2.15. The van der Waals surface area contributed by atoms with Gasteiger partial charge in [-0.1, -0.05) is 60.1 Å². The molecule has 1 aromatic heterocycles. The number of hydrogen-bond donors (Lipinski definition) is 1. The smallest absolute Gasteiger partial charge is 0.338 e. The van der Waals surface area contributed by atoms with Crippen LogP contribution in [0, 0.1) is 0 Å². The first-order valence-corrected chi connectivity index (χ1v) is 10.7. The molecule has 3 aromatic carbocycles. The van der Waals surface area contributed by atoms with Gasteiger partial charge in [0.25, 0.3) is 0 Å². The van der Waals surface area contributed by atoms with Crippen molar-refractivity contribution in [2.75, 3.05) is 14.2 Å². The van der Waals surface area contributed by atoms with Crippen LogP contribution in [0.1, 0.15) is 27.0 Å². The summed E-state index contributed by atoms with van der Waals surface area (Å²) in [5, 5.41) is 5.13. The highest BCUT2D eigenvalue weighted by atomic mass is 35.5. The lowest BCUT2D eigenvalue weighted by molar-refractivity contribution is 0.0599. The molecule has 0 fully saturated rings. The number of esters is 1. The van der Waals surface area contributed by atoms with Crippen LogP contribution in [0.2, 0.25) is 5.02 Å². The molecule has 32 heavy (non-hydrogen) atoms. The van der Waals surface area contributed by atoms with Gasteiger partial charge >= 0.3 is 5.97 Å². The third-order valence-electron chi connectivity index (χ3n) is 5.49. The third-order valence-corrected chi connectivity index (χ3v) is 5.78. The van der Waals surface area contributed by atoms with Crippen LogP contribution < -0.4 is 10.1 Å². The fraction of sp³-hybridized carbons (Fsp3) is 0.192. The van der Waals surface area contributed by atoms with E-state index >= 15 is 0 Å². The fourth-order valence-electron chi connectivity index (χ4n) is 3.89. The summed E-state index contributed by atoms with van der Waals surface area (Å²) in [6.45, 7) is 1.91. The Bertz CT molecular complexity index is 1230. The molecule has 4 rings (SSSR count). The Labute approximate surface area is 192 Å². The Kier molecular flexibility index (Phi) is 6.78. The van der Waals surface area contributed by atoms with Crippen molar-refractivity contribution < 1.29 is 14.3 Å². The lowest BCUT2D eigenvalue weighted by Crippen LogP contribution is -2.16. The minimum Gasteiger partial charge on any atom is -0.495 e. The van der Waals surface area contributed by atoms with Crippen molar-refractivity contribution in [2.45, 2.75) is 19.6 Å². The second-order valence-corrected chi connectivity index (χ2v) is 7.93. The Hall–Kier alpha value is -3.28. The summed E-state index contributed by atoms with van der Waals surface area (Å²) < 4.78 is 12.6. The number of fused-ring (bicyclic) bond motifs is 1. The number of ether oxygens (including phenoxy) is 2. The largest absolute Gasteiger partial charge is 0.495 e.